The molecular formula is C19H18F2N4O2S. The fourth-order valence-corrected chi connectivity index (χ4v) is 3.14. The molecule has 0 spiro atoms. The Bertz CT molecular complexity index is 963. The predicted molar refractivity (Wildman–Crippen MR) is 102 cm³/mol. The van der Waals surface area contributed by atoms with Crippen molar-refractivity contribution in [1.82, 2.24) is 20.5 Å². The van der Waals surface area contributed by atoms with Crippen LogP contribution in [0.25, 0.3) is 11.4 Å². The maximum atomic E-state index is 13.8. The van der Waals surface area contributed by atoms with E-state index in [1.807, 2.05) is 24.3 Å². The number of H-pyrrole nitrogens is 1. The van der Waals surface area contributed by atoms with E-state index in [1.54, 1.807) is 14.0 Å². The van der Waals surface area contributed by atoms with Crippen molar-refractivity contribution in [3.8, 4) is 17.1 Å². The number of nitrogens with one attached hydrogen (secondary N) is 2. The molecule has 3 aromatic rings. The number of methoxy groups -OCH3 is 1. The molecular weight excluding hydrogens is 386 g/mol. The lowest BCUT2D eigenvalue weighted by Crippen LogP contribution is -2.28. The Morgan fingerprint density at radius 2 is 2.00 bits per heavy atom. The Balaban J connectivity index is 1.55. The van der Waals surface area contributed by atoms with Crippen LogP contribution in [0.4, 0.5) is 8.78 Å². The van der Waals surface area contributed by atoms with Gasteiger partial charge >= 0.3 is 0 Å². The molecule has 3 rings (SSSR count). The molecule has 2 aromatic carbocycles. The number of aromatic nitrogens is 3. The van der Waals surface area contributed by atoms with Gasteiger partial charge in [0.25, 0.3) is 0 Å². The molecule has 1 aromatic heterocycles. The van der Waals surface area contributed by atoms with Gasteiger partial charge in [-0.3, -0.25) is 9.89 Å². The van der Waals surface area contributed by atoms with Crippen LogP contribution in [0, 0.1) is 11.6 Å². The third kappa shape index (κ3) is 4.86. The SMILES string of the molecule is COc1ccc(-c2nc(SCC(=O)N[C@@H](C)c3ccc(F)cc3F)n[nH]2)cc1. The van der Waals surface area contributed by atoms with Gasteiger partial charge in [-0.15, -0.1) is 5.10 Å². The van der Waals surface area contributed by atoms with Gasteiger partial charge in [0.2, 0.25) is 11.1 Å². The summed E-state index contributed by atoms with van der Waals surface area (Å²) >= 11 is 1.15. The summed E-state index contributed by atoms with van der Waals surface area (Å²) < 4.78 is 31.9. The number of ether oxygens (including phenoxy) is 1. The monoisotopic (exact) mass is 404 g/mol. The fourth-order valence-electron chi connectivity index (χ4n) is 2.53. The summed E-state index contributed by atoms with van der Waals surface area (Å²) in [5, 5.41) is 10.00. The van der Waals surface area contributed by atoms with E-state index in [1.165, 1.54) is 6.07 Å². The Morgan fingerprint density at radius 3 is 2.68 bits per heavy atom. The first-order chi connectivity index (χ1) is 13.5. The molecule has 0 bridgehead atoms. The molecule has 0 aliphatic rings. The number of benzene rings is 2. The van der Waals surface area contributed by atoms with Crippen LogP contribution in [-0.4, -0.2) is 34.0 Å². The molecule has 1 atom stereocenters. The summed E-state index contributed by atoms with van der Waals surface area (Å²) in [6.45, 7) is 1.63. The lowest BCUT2D eigenvalue weighted by molar-refractivity contribution is -0.119. The van der Waals surface area contributed by atoms with Crippen molar-refractivity contribution >= 4 is 17.7 Å². The van der Waals surface area contributed by atoms with E-state index in [-0.39, 0.29) is 17.2 Å². The van der Waals surface area contributed by atoms with E-state index < -0.39 is 17.7 Å². The minimum Gasteiger partial charge on any atom is -0.497 e. The quantitative estimate of drug-likeness (QED) is 0.587. The van der Waals surface area contributed by atoms with Gasteiger partial charge < -0.3 is 10.1 Å². The van der Waals surface area contributed by atoms with E-state index in [0.29, 0.717) is 11.0 Å². The Labute approximate surface area is 164 Å². The predicted octanol–water partition coefficient (Wildman–Crippen LogP) is 3.73. The lowest BCUT2D eigenvalue weighted by Gasteiger charge is -2.14. The van der Waals surface area contributed by atoms with Crippen molar-refractivity contribution in [2.75, 3.05) is 12.9 Å². The molecule has 0 saturated heterocycles. The van der Waals surface area contributed by atoms with Crippen LogP contribution in [0.1, 0.15) is 18.5 Å². The fraction of sp³-hybridized carbons (Fsp3) is 0.211. The molecule has 0 saturated carbocycles. The van der Waals surface area contributed by atoms with Crippen LogP contribution in [0.5, 0.6) is 5.75 Å². The van der Waals surface area contributed by atoms with Crippen LogP contribution in [0.15, 0.2) is 47.6 Å². The van der Waals surface area contributed by atoms with Crippen LogP contribution >= 0.6 is 11.8 Å². The summed E-state index contributed by atoms with van der Waals surface area (Å²) in [5.41, 5.74) is 1.06. The summed E-state index contributed by atoms with van der Waals surface area (Å²) in [7, 11) is 1.59. The van der Waals surface area contributed by atoms with E-state index in [0.717, 1.165) is 35.2 Å². The highest BCUT2D eigenvalue weighted by molar-refractivity contribution is 7.99. The summed E-state index contributed by atoms with van der Waals surface area (Å²) in [6.07, 6.45) is 0. The Kier molecular flexibility index (Phi) is 6.25. The average Bonchev–Trinajstić information content (AvgIpc) is 3.15. The zero-order chi connectivity index (χ0) is 20.1. The van der Waals surface area contributed by atoms with Gasteiger partial charge in [0.15, 0.2) is 5.82 Å². The summed E-state index contributed by atoms with van der Waals surface area (Å²) in [5.74, 6) is -0.288. The van der Waals surface area contributed by atoms with E-state index in [4.69, 9.17) is 4.74 Å². The first kappa shape index (κ1) is 19.8. The maximum Gasteiger partial charge on any atom is 0.230 e. The highest BCUT2D eigenvalue weighted by Crippen LogP contribution is 2.22. The van der Waals surface area contributed by atoms with Gasteiger partial charge in [-0.05, 0) is 37.3 Å². The smallest absolute Gasteiger partial charge is 0.230 e. The second kappa shape index (κ2) is 8.83. The van der Waals surface area contributed by atoms with Crippen LogP contribution in [-0.2, 0) is 4.79 Å². The average molecular weight is 404 g/mol. The van der Waals surface area contributed by atoms with E-state index >= 15 is 0 Å². The molecule has 28 heavy (non-hydrogen) atoms. The number of thioether (sulfide) groups is 1. The van der Waals surface area contributed by atoms with Crippen molar-refractivity contribution in [3.05, 3.63) is 59.7 Å². The first-order valence-corrected chi connectivity index (χ1v) is 9.38. The van der Waals surface area contributed by atoms with Gasteiger partial charge in [0, 0.05) is 17.2 Å². The number of aromatic amines is 1. The Morgan fingerprint density at radius 1 is 1.25 bits per heavy atom. The number of hydrogen-bond donors (Lipinski definition) is 2. The van der Waals surface area contributed by atoms with Crippen molar-refractivity contribution in [1.29, 1.82) is 0 Å². The number of nitrogens with zero attached hydrogens (tertiary/aromatic N) is 2. The van der Waals surface area contributed by atoms with Gasteiger partial charge in [0.1, 0.15) is 17.4 Å². The largest absolute Gasteiger partial charge is 0.497 e. The standard InChI is InChI=1S/C19H18F2N4O2S/c1-11(15-8-5-13(20)9-16(15)21)22-17(26)10-28-19-23-18(24-25-19)12-3-6-14(27-2)7-4-12/h3-9,11H,10H2,1-2H3,(H,22,26)(H,23,24,25)/t11-/m0/s1. The molecule has 9 heteroatoms. The molecule has 0 radical (unpaired) electrons. The van der Waals surface area contributed by atoms with Crippen molar-refractivity contribution < 1.29 is 18.3 Å². The number of amides is 1. The first-order valence-electron chi connectivity index (χ1n) is 8.40. The number of carbonyl (C=O) groups excluding carboxylic acids is 1. The summed E-state index contributed by atoms with van der Waals surface area (Å²) in [4.78, 5) is 16.5. The molecule has 0 aliphatic heterocycles. The second-order valence-electron chi connectivity index (χ2n) is 5.94. The number of hydrogen-bond acceptors (Lipinski definition) is 5. The van der Waals surface area contributed by atoms with Crippen molar-refractivity contribution in [2.45, 2.75) is 18.1 Å². The van der Waals surface area contributed by atoms with E-state index in [2.05, 4.69) is 20.5 Å². The molecule has 0 aliphatic carbocycles. The molecule has 0 unspecified atom stereocenters. The second-order valence-corrected chi connectivity index (χ2v) is 6.88. The third-order valence-corrected chi connectivity index (χ3v) is 4.81. The highest BCUT2D eigenvalue weighted by atomic mass is 32.2. The molecule has 1 amide bonds. The number of halogens is 2. The minimum atomic E-state index is -0.696. The van der Waals surface area contributed by atoms with Gasteiger partial charge in [-0.1, -0.05) is 17.8 Å². The van der Waals surface area contributed by atoms with Crippen molar-refractivity contribution in [2.24, 2.45) is 0 Å². The van der Waals surface area contributed by atoms with Crippen LogP contribution in [0.3, 0.4) is 0 Å². The third-order valence-electron chi connectivity index (χ3n) is 3.97. The molecule has 0 fully saturated rings. The normalized spacial score (nSPS) is 11.9. The van der Waals surface area contributed by atoms with Crippen LogP contribution < -0.4 is 10.1 Å². The molecule has 2 N–H and O–H groups in total. The van der Waals surface area contributed by atoms with Crippen molar-refractivity contribution in [3.63, 3.8) is 0 Å². The Hall–Kier alpha value is -2.94. The molecule has 1 heterocycles. The zero-order valence-electron chi connectivity index (χ0n) is 15.2. The minimum absolute atomic E-state index is 0.0626. The number of rotatable bonds is 7. The number of carbonyl (C=O) groups is 1. The summed E-state index contributed by atoms with van der Waals surface area (Å²) in [6, 6.07) is 10.0. The van der Waals surface area contributed by atoms with Gasteiger partial charge in [-0.2, -0.15) is 0 Å². The highest BCUT2D eigenvalue weighted by Gasteiger charge is 2.15. The van der Waals surface area contributed by atoms with Gasteiger partial charge in [0.05, 0.1) is 18.9 Å². The van der Waals surface area contributed by atoms with E-state index in [9.17, 15) is 13.6 Å². The maximum absolute atomic E-state index is 13.8. The molecule has 146 valence electrons. The zero-order valence-corrected chi connectivity index (χ0v) is 16.0. The topological polar surface area (TPSA) is 79.9 Å². The molecule has 6 nitrogen and oxygen atoms in total. The van der Waals surface area contributed by atoms with Gasteiger partial charge in [-0.25, -0.2) is 13.8 Å². The van der Waals surface area contributed by atoms with Crippen LogP contribution in [0.2, 0.25) is 0 Å². The lowest BCUT2D eigenvalue weighted by atomic mass is 10.1.